The standard InChI is InChI=1S/C65H77BN2.C65H80N2/c1-40-32-56-58-57(33-40)68(53-25-22-42(59(2,3)4)34-44(53)41-20-18-17-19-21-41)55-39-50-48(63(11,12)29-31-65(50,15)16)37-52(55)66(58)51-36-47-49(64(13,14)30-28-62(47,9)10)38-54(51)67(56)43-23-24-45-46(35-43)61(7,8)27-26-60(45,5)6;1-43-36-49(66(46-23-26-52-55(40-46)63(11,12)33-30-60(52,5)6)47-24-27-53-56(41-47)64(13,14)34-31-61(53,7)8)39-50(37-43)67(48-25-28-54-57(42-48)65(15,16)35-32-62(54,9)10)58-29-22-45(59(2,3)4)38-51(58)44-20-18-17-19-21-44/h17-25,32-39H,26-31H2,1-16H3;17-29,36-42H,30-35H2,1-16H3. The van der Waals surface area contributed by atoms with E-state index >= 15 is 0 Å². The summed E-state index contributed by atoms with van der Waals surface area (Å²) in [6.45, 7) is 78.0. The lowest BCUT2D eigenvalue weighted by Gasteiger charge is -2.49. The summed E-state index contributed by atoms with van der Waals surface area (Å²) in [4.78, 5) is 10.6. The zero-order chi connectivity index (χ0) is 96.7. The fourth-order valence-electron chi connectivity index (χ4n) is 25.6. The Morgan fingerprint density at radius 2 is 0.541 bits per heavy atom. The van der Waals surface area contributed by atoms with Gasteiger partial charge in [-0.3, -0.25) is 0 Å². The average Bonchev–Trinajstić information content (AvgIpc) is 0.678. The van der Waals surface area contributed by atoms with Crippen molar-refractivity contribution in [3.05, 3.63) is 313 Å². The second-order valence-electron chi connectivity index (χ2n) is 53.2. The highest BCUT2D eigenvalue weighted by Gasteiger charge is 2.51. The van der Waals surface area contributed by atoms with Crippen LogP contribution in [-0.2, 0) is 75.8 Å². The predicted octanol–water partition coefficient (Wildman–Crippen LogP) is 35.0. The van der Waals surface area contributed by atoms with E-state index in [1.165, 1.54) is 267 Å². The van der Waals surface area contributed by atoms with E-state index in [0.717, 1.165) is 5.69 Å². The van der Waals surface area contributed by atoms with Gasteiger partial charge in [-0.15, -0.1) is 0 Å². The van der Waals surface area contributed by atoms with Gasteiger partial charge in [0.25, 0.3) is 6.71 Å². The van der Waals surface area contributed by atoms with Crippen molar-refractivity contribution < 1.29 is 0 Å². The first-order chi connectivity index (χ1) is 62.9. The smallest absolute Gasteiger partial charge is 0.252 e. The second kappa shape index (κ2) is 31.7. The van der Waals surface area contributed by atoms with Gasteiger partial charge < -0.3 is 19.6 Å². The van der Waals surface area contributed by atoms with Gasteiger partial charge in [0.05, 0.1) is 11.4 Å². The first-order valence-electron chi connectivity index (χ1n) is 51.7. The summed E-state index contributed by atoms with van der Waals surface area (Å²) < 4.78 is 0. The SMILES string of the molecule is Cc1cc(N(c2ccc3c(c2)C(C)(C)CCC3(C)C)c2ccc3c(c2)C(C)(C)CCC3(C)C)cc(N(c2ccc3c(c2)C(C)(C)CCC3(C)C)c2ccc(C(C)(C)C)cc2-c2ccccc2)c1.Cc1cc2c3c(c1)N(c1ccc(C(C)(C)C)cc1-c1ccccc1)c1cc4c(cc1B3c1cc3c(cc1N2c1ccc2c(c1)C(C)(C)CCC2(C)C)C(C)(C)CCC3(C)C)C(C)(C)CCC4(C)C. The third-order valence-corrected chi connectivity index (χ3v) is 35.5. The number of aryl methyl sites for hydroxylation is 2. The van der Waals surface area contributed by atoms with E-state index in [4.69, 9.17) is 0 Å². The minimum absolute atomic E-state index is 0.00547. The lowest BCUT2D eigenvalue weighted by molar-refractivity contribution is 0.332. The molecule has 0 saturated carbocycles. The number of anilines is 12. The van der Waals surface area contributed by atoms with Crippen LogP contribution in [-0.4, -0.2) is 6.71 Å². The highest BCUT2D eigenvalue weighted by atomic mass is 15.2. The summed E-state index contributed by atoms with van der Waals surface area (Å²) in [5.74, 6) is 0. The molecule has 0 N–H and O–H groups in total. The van der Waals surface area contributed by atoms with Crippen molar-refractivity contribution in [3.8, 4) is 22.3 Å². The van der Waals surface area contributed by atoms with Gasteiger partial charge in [0, 0.05) is 68.0 Å². The lowest BCUT2D eigenvalue weighted by atomic mass is 9.32. The molecular weight excluding hydrogens is 1630 g/mol. The van der Waals surface area contributed by atoms with E-state index < -0.39 is 0 Å². The highest BCUT2D eigenvalue weighted by molar-refractivity contribution is 7.00. The van der Waals surface area contributed by atoms with E-state index in [0.29, 0.717) is 0 Å². The van der Waals surface area contributed by atoms with Gasteiger partial charge in [-0.05, 0) is 398 Å². The molecule has 5 heteroatoms. The Morgan fingerprint density at radius 1 is 0.237 bits per heavy atom. The number of fused-ring (bicyclic) bond motifs is 10. The molecule has 0 fully saturated rings. The molecule has 4 nitrogen and oxygen atoms in total. The highest BCUT2D eigenvalue weighted by Crippen LogP contribution is 2.60. The molecular formula is C130H157BN4. The van der Waals surface area contributed by atoms with Crippen LogP contribution in [0.2, 0.25) is 0 Å². The lowest BCUT2D eigenvalue weighted by Crippen LogP contribution is -2.62. The predicted molar refractivity (Wildman–Crippen MR) is 586 cm³/mol. The van der Waals surface area contributed by atoms with Gasteiger partial charge in [-0.25, -0.2) is 0 Å². The minimum Gasteiger partial charge on any atom is -0.311 e. The second-order valence-corrected chi connectivity index (χ2v) is 53.2. The van der Waals surface area contributed by atoms with Crippen LogP contribution in [0, 0.1) is 13.8 Å². The van der Waals surface area contributed by atoms with Crippen molar-refractivity contribution in [2.24, 2.45) is 0 Å². The quantitative estimate of drug-likeness (QED) is 0.127. The molecule has 0 amide bonds. The molecule has 700 valence electrons. The Labute approximate surface area is 815 Å². The van der Waals surface area contributed by atoms with Crippen LogP contribution in [0.4, 0.5) is 68.2 Å². The number of rotatable bonds is 10. The van der Waals surface area contributed by atoms with Crippen LogP contribution in [0.3, 0.4) is 0 Å². The fraction of sp³-hybridized carbons (Fsp3) is 0.446. The summed E-state index contributed by atoms with van der Waals surface area (Å²) in [5.41, 5.74) is 48.5. The van der Waals surface area contributed by atoms with Crippen molar-refractivity contribution in [1.82, 2.24) is 0 Å². The molecule has 0 aromatic heterocycles. The molecule has 12 aromatic carbocycles. The van der Waals surface area contributed by atoms with Crippen LogP contribution in [0.5, 0.6) is 0 Å². The van der Waals surface area contributed by atoms with Crippen molar-refractivity contribution in [2.45, 2.75) is 374 Å². The molecule has 0 saturated heterocycles. The van der Waals surface area contributed by atoms with Crippen LogP contribution < -0.4 is 36.0 Å². The Kier molecular flexibility index (Phi) is 22.1. The third kappa shape index (κ3) is 16.1. The molecule has 0 bridgehead atoms. The minimum atomic E-state index is -0.0113. The van der Waals surface area contributed by atoms with Gasteiger partial charge in [-0.2, -0.15) is 0 Å². The monoisotopic (exact) mass is 1790 g/mol. The van der Waals surface area contributed by atoms with E-state index in [9.17, 15) is 0 Å². The molecule has 0 radical (unpaired) electrons. The van der Waals surface area contributed by atoms with Crippen LogP contribution in [0.1, 0.15) is 374 Å². The maximum Gasteiger partial charge on any atom is 0.252 e. The zero-order valence-corrected chi connectivity index (χ0v) is 88.7. The van der Waals surface area contributed by atoms with E-state index in [1.807, 2.05) is 0 Å². The first kappa shape index (κ1) is 93.9. The number of nitrogens with zero attached hydrogens (tertiary/aromatic N) is 4. The third-order valence-electron chi connectivity index (χ3n) is 35.5. The number of hydrogen-bond acceptors (Lipinski definition) is 4. The van der Waals surface area contributed by atoms with Gasteiger partial charge in [0.2, 0.25) is 0 Å². The van der Waals surface area contributed by atoms with Crippen LogP contribution >= 0.6 is 0 Å². The summed E-state index contributed by atoms with van der Waals surface area (Å²) in [6, 6.07) is 89.9. The molecule has 12 aromatic rings. The number of hydrogen-bond donors (Lipinski definition) is 0. The molecule has 8 aliphatic rings. The topological polar surface area (TPSA) is 13.0 Å². The van der Waals surface area contributed by atoms with Crippen molar-refractivity contribution >= 4 is 91.3 Å². The first-order valence-corrected chi connectivity index (χ1v) is 51.7. The maximum atomic E-state index is 2.73. The van der Waals surface area contributed by atoms with Gasteiger partial charge in [-0.1, -0.05) is 317 Å². The van der Waals surface area contributed by atoms with Gasteiger partial charge in [0.1, 0.15) is 0 Å². The normalized spacial score (nSPS) is 20.0. The Hall–Kier alpha value is -10.1. The van der Waals surface area contributed by atoms with E-state index in [2.05, 4.69) is 466 Å². The van der Waals surface area contributed by atoms with Crippen LogP contribution in [0.15, 0.2) is 224 Å². The summed E-state index contributed by atoms with van der Waals surface area (Å²) in [6.07, 6.45) is 14.2. The molecule has 2 heterocycles. The maximum absolute atomic E-state index is 2.73. The molecule has 0 atom stereocenters. The van der Waals surface area contributed by atoms with Gasteiger partial charge in [0.15, 0.2) is 0 Å². The summed E-state index contributed by atoms with van der Waals surface area (Å²) in [7, 11) is 0. The Balaban J connectivity index is 0.000000173. The van der Waals surface area contributed by atoms with Crippen LogP contribution in [0.25, 0.3) is 22.3 Å². The molecule has 135 heavy (non-hydrogen) atoms. The molecule has 20 rings (SSSR count). The number of benzene rings is 12. The largest absolute Gasteiger partial charge is 0.311 e. The fourth-order valence-corrected chi connectivity index (χ4v) is 25.6. The summed E-state index contributed by atoms with van der Waals surface area (Å²) in [5, 5.41) is 0. The van der Waals surface area contributed by atoms with Crippen molar-refractivity contribution in [3.63, 3.8) is 0 Å². The Morgan fingerprint density at radius 3 is 0.933 bits per heavy atom. The van der Waals surface area contributed by atoms with Gasteiger partial charge >= 0.3 is 0 Å². The van der Waals surface area contributed by atoms with Crippen molar-refractivity contribution in [2.75, 3.05) is 19.6 Å². The summed E-state index contributed by atoms with van der Waals surface area (Å²) >= 11 is 0. The average molecular weight is 1790 g/mol. The molecule has 2 aliphatic heterocycles. The molecule has 6 aliphatic carbocycles. The molecule has 0 unspecified atom stereocenters. The van der Waals surface area contributed by atoms with Crippen molar-refractivity contribution in [1.29, 1.82) is 0 Å². The Bertz CT molecular complexity index is 6660. The zero-order valence-electron chi connectivity index (χ0n) is 88.7. The molecule has 0 spiro atoms. The van der Waals surface area contributed by atoms with E-state index in [1.54, 1.807) is 0 Å². The van der Waals surface area contributed by atoms with E-state index in [-0.39, 0.29) is 82.5 Å².